The highest BCUT2D eigenvalue weighted by Crippen LogP contribution is 2.24. The molecule has 10 heteroatoms. The Labute approximate surface area is 173 Å². The number of carbonyl (C=O) groups is 2. The lowest BCUT2D eigenvalue weighted by atomic mass is 10.0. The first-order valence-electron chi connectivity index (χ1n) is 9.39. The van der Waals surface area contributed by atoms with Gasteiger partial charge in [0.05, 0.1) is 25.3 Å². The van der Waals surface area contributed by atoms with Crippen molar-refractivity contribution >= 4 is 23.4 Å². The van der Waals surface area contributed by atoms with Crippen LogP contribution in [0.2, 0.25) is 5.02 Å². The molecule has 0 radical (unpaired) electrons. The summed E-state index contributed by atoms with van der Waals surface area (Å²) in [5.74, 6) is -1.01. The lowest BCUT2D eigenvalue weighted by Gasteiger charge is -2.32. The molecule has 2 amide bonds. The minimum Gasteiger partial charge on any atom is -0.383 e. The zero-order chi connectivity index (χ0) is 20.8. The average Bonchev–Trinajstić information content (AvgIpc) is 3.21. The number of likely N-dealkylation sites (tertiary alicyclic amines) is 1. The van der Waals surface area contributed by atoms with Crippen LogP contribution in [0.1, 0.15) is 34.9 Å². The summed E-state index contributed by atoms with van der Waals surface area (Å²) >= 11 is 6.04. The lowest BCUT2D eigenvalue weighted by Crippen LogP contribution is -2.41. The van der Waals surface area contributed by atoms with Crippen molar-refractivity contribution in [2.75, 3.05) is 33.4 Å². The van der Waals surface area contributed by atoms with E-state index in [4.69, 9.17) is 16.3 Å². The maximum Gasteiger partial charge on any atom is 0.273 e. The first-order chi connectivity index (χ1) is 14.0. The molecule has 156 valence electrons. The summed E-state index contributed by atoms with van der Waals surface area (Å²) in [5, 5.41) is 10.9. The van der Waals surface area contributed by atoms with Gasteiger partial charge in [0.15, 0.2) is 5.69 Å². The molecule has 3 rings (SSSR count). The monoisotopic (exact) mass is 423 g/mol. The van der Waals surface area contributed by atoms with Crippen LogP contribution in [0.5, 0.6) is 0 Å². The third kappa shape index (κ3) is 5.30. The van der Waals surface area contributed by atoms with Crippen molar-refractivity contribution in [3.63, 3.8) is 0 Å². The highest BCUT2D eigenvalue weighted by atomic mass is 35.5. The number of benzene rings is 1. The van der Waals surface area contributed by atoms with Crippen molar-refractivity contribution < 1.29 is 18.7 Å². The number of nitrogens with zero attached hydrogens (tertiary/aromatic N) is 4. The number of rotatable bonds is 7. The highest BCUT2D eigenvalue weighted by molar-refractivity contribution is 6.31. The van der Waals surface area contributed by atoms with E-state index in [-0.39, 0.29) is 40.6 Å². The van der Waals surface area contributed by atoms with Crippen LogP contribution in [0.4, 0.5) is 4.39 Å². The molecule has 1 aliphatic rings. The van der Waals surface area contributed by atoms with E-state index in [1.165, 1.54) is 12.1 Å². The van der Waals surface area contributed by atoms with E-state index in [0.29, 0.717) is 26.2 Å². The molecule has 1 saturated heterocycles. The van der Waals surface area contributed by atoms with Crippen LogP contribution >= 0.6 is 11.6 Å². The maximum absolute atomic E-state index is 14.0. The Balaban J connectivity index is 1.62. The van der Waals surface area contributed by atoms with Crippen LogP contribution in [-0.4, -0.2) is 65.1 Å². The molecule has 2 heterocycles. The number of hydrogen-bond acceptors (Lipinski definition) is 5. The van der Waals surface area contributed by atoms with E-state index < -0.39 is 5.82 Å². The maximum atomic E-state index is 14.0. The van der Waals surface area contributed by atoms with E-state index in [2.05, 4.69) is 15.6 Å². The standard InChI is InChI=1S/C19H23ClFN5O3/c1-29-9-7-22-19(28)17-12-26(24-23-17)13-4-3-8-25(11-13)18(27)10-14-15(20)5-2-6-16(14)21/h2,5-6,12-13H,3-4,7-11H2,1H3,(H,22,28). The Hall–Kier alpha value is -2.52. The van der Waals surface area contributed by atoms with Gasteiger partial charge >= 0.3 is 0 Å². The molecule has 0 bridgehead atoms. The number of nitrogens with one attached hydrogen (secondary N) is 1. The SMILES string of the molecule is COCCNC(=O)c1cn(C2CCCN(C(=O)Cc3c(F)cccc3Cl)C2)nn1. The van der Waals surface area contributed by atoms with Gasteiger partial charge in [0, 0.05) is 37.3 Å². The third-order valence-electron chi connectivity index (χ3n) is 4.85. The number of carbonyl (C=O) groups excluding carboxylic acids is 2. The molecule has 1 unspecified atom stereocenters. The molecular weight excluding hydrogens is 401 g/mol. The van der Waals surface area contributed by atoms with Gasteiger partial charge in [-0.25, -0.2) is 9.07 Å². The molecule has 1 fully saturated rings. The summed E-state index contributed by atoms with van der Waals surface area (Å²) in [6.45, 7) is 1.79. The summed E-state index contributed by atoms with van der Waals surface area (Å²) in [7, 11) is 1.55. The van der Waals surface area contributed by atoms with Gasteiger partial charge in [-0.05, 0) is 25.0 Å². The van der Waals surface area contributed by atoms with Gasteiger partial charge in [-0.15, -0.1) is 5.10 Å². The fourth-order valence-electron chi connectivity index (χ4n) is 3.28. The molecule has 1 aliphatic heterocycles. The molecule has 1 atom stereocenters. The molecule has 8 nitrogen and oxygen atoms in total. The Morgan fingerprint density at radius 1 is 1.41 bits per heavy atom. The zero-order valence-electron chi connectivity index (χ0n) is 16.1. The fourth-order valence-corrected chi connectivity index (χ4v) is 3.51. The predicted octanol–water partition coefficient (Wildman–Crippen LogP) is 1.85. The van der Waals surface area contributed by atoms with Crippen molar-refractivity contribution in [1.82, 2.24) is 25.2 Å². The molecule has 0 spiro atoms. The van der Waals surface area contributed by atoms with Crippen LogP contribution < -0.4 is 5.32 Å². The molecule has 1 N–H and O–H groups in total. The van der Waals surface area contributed by atoms with E-state index >= 15 is 0 Å². The number of piperidine rings is 1. The number of ether oxygens (including phenoxy) is 1. The van der Waals surface area contributed by atoms with Gasteiger partial charge in [0.1, 0.15) is 5.82 Å². The molecule has 2 aromatic rings. The molecule has 1 aromatic carbocycles. The number of halogens is 2. The Bertz CT molecular complexity index is 855. The van der Waals surface area contributed by atoms with Gasteiger partial charge in [-0.3, -0.25) is 9.59 Å². The second kappa shape index (κ2) is 9.80. The molecule has 0 saturated carbocycles. The van der Waals surface area contributed by atoms with E-state index in [9.17, 15) is 14.0 Å². The van der Waals surface area contributed by atoms with Crippen LogP contribution in [0, 0.1) is 5.82 Å². The highest BCUT2D eigenvalue weighted by Gasteiger charge is 2.27. The van der Waals surface area contributed by atoms with Crippen LogP contribution in [0.3, 0.4) is 0 Å². The van der Waals surface area contributed by atoms with Crippen molar-refractivity contribution in [3.8, 4) is 0 Å². The van der Waals surface area contributed by atoms with Crippen LogP contribution in [0.25, 0.3) is 0 Å². The fraction of sp³-hybridized carbons (Fsp3) is 0.474. The van der Waals surface area contributed by atoms with Gasteiger partial charge in [-0.1, -0.05) is 22.9 Å². The molecular formula is C19H23ClFN5O3. The zero-order valence-corrected chi connectivity index (χ0v) is 16.9. The normalized spacial score (nSPS) is 16.7. The lowest BCUT2D eigenvalue weighted by molar-refractivity contribution is -0.132. The summed E-state index contributed by atoms with van der Waals surface area (Å²) in [5.41, 5.74) is 0.416. The van der Waals surface area contributed by atoms with E-state index in [0.717, 1.165) is 12.8 Å². The minimum atomic E-state index is -0.486. The largest absolute Gasteiger partial charge is 0.383 e. The Morgan fingerprint density at radius 2 is 2.24 bits per heavy atom. The Kier molecular flexibility index (Phi) is 7.16. The minimum absolute atomic E-state index is 0.0945. The first-order valence-corrected chi connectivity index (χ1v) is 9.77. The predicted molar refractivity (Wildman–Crippen MR) is 104 cm³/mol. The van der Waals surface area contributed by atoms with Gasteiger partial charge in [0.2, 0.25) is 5.91 Å². The third-order valence-corrected chi connectivity index (χ3v) is 5.20. The van der Waals surface area contributed by atoms with Gasteiger partial charge in [0.25, 0.3) is 5.91 Å². The second-order valence-corrected chi connectivity index (χ2v) is 7.25. The number of aromatic nitrogens is 3. The molecule has 29 heavy (non-hydrogen) atoms. The number of methoxy groups -OCH3 is 1. The smallest absolute Gasteiger partial charge is 0.273 e. The van der Waals surface area contributed by atoms with Crippen molar-refractivity contribution in [3.05, 3.63) is 46.5 Å². The van der Waals surface area contributed by atoms with Gasteiger partial charge < -0.3 is 15.0 Å². The molecule has 0 aliphatic carbocycles. The van der Waals surface area contributed by atoms with Gasteiger partial charge in [-0.2, -0.15) is 0 Å². The average molecular weight is 424 g/mol. The van der Waals surface area contributed by atoms with Crippen molar-refractivity contribution in [2.45, 2.75) is 25.3 Å². The molecule has 1 aromatic heterocycles. The van der Waals surface area contributed by atoms with E-state index in [1.54, 1.807) is 29.0 Å². The number of amides is 2. The van der Waals surface area contributed by atoms with E-state index in [1.807, 2.05) is 0 Å². The second-order valence-electron chi connectivity index (χ2n) is 6.85. The van der Waals surface area contributed by atoms with Crippen molar-refractivity contribution in [2.24, 2.45) is 0 Å². The summed E-state index contributed by atoms with van der Waals surface area (Å²) in [6.07, 6.45) is 3.06. The van der Waals surface area contributed by atoms with Crippen molar-refractivity contribution in [1.29, 1.82) is 0 Å². The first kappa shape index (κ1) is 21.2. The van der Waals surface area contributed by atoms with Crippen LogP contribution in [0.15, 0.2) is 24.4 Å². The van der Waals surface area contributed by atoms with Crippen LogP contribution in [-0.2, 0) is 16.0 Å². The topological polar surface area (TPSA) is 89.4 Å². The summed E-state index contributed by atoms with van der Waals surface area (Å²) in [6, 6.07) is 4.27. The Morgan fingerprint density at radius 3 is 3.00 bits per heavy atom. The summed E-state index contributed by atoms with van der Waals surface area (Å²) in [4.78, 5) is 26.4. The summed E-state index contributed by atoms with van der Waals surface area (Å²) < 4.78 is 20.5. The quantitative estimate of drug-likeness (QED) is 0.686. The number of hydrogen-bond donors (Lipinski definition) is 1.